The molecule has 1 aromatic carbocycles. The van der Waals surface area contributed by atoms with Crippen LogP contribution in [0.15, 0.2) is 30.5 Å². The number of aromatic nitrogens is 4. The smallest absolute Gasteiger partial charge is 0.326 e. The third-order valence-corrected chi connectivity index (χ3v) is 6.00. The molecule has 1 amide bonds. The molecule has 0 saturated carbocycles. The van der Waals surface area contributed by atoms with Crippen molar-refractivity contribution >= 4 is 46.6 Å². The number of carboxylic acid groups (broad SMARTS) is 2. The fourth-order valence-electron chi connectivity index (χ4n) is 3.80. The van der Waals surface area contributed by atoms with Gasteiger partial charge in [-0.3, -0.25) is 9.59 Å². The predicted octanol–water partition coefficient (Wildman–Crippen LogP) is 1.39. The first-order valence-electron chi connectivity index (χ1n) is 12.7. The van der Waals surface area contributed by atoms with Crippen molar-refractivity contribution in [3.8, 4) is 0 Å². The Bertz CT molecular complexity index is 1280. The molecule has 3 aromatic rings. The molecule has 0 fully saturated rings. The van der Waals surface area contributed by atoms with Crippen LogP contribution in [-0.2, 0) is 20.8 Å². The van der Waals surface area contributed by atoms with E-state index < -0.39 is 36.0 Å². The van der Waals surface area contributed by atoms with Gasteiger partial charge in [-0.2, -0.15) is 15.0 Å². The zero-order chi connectivity index (χ0) is 28.4. The SMILES string of the molecule is CC(NC(=O)C(C)Nc1nc(NCCc2c[nH]c3ccccc23)nc(NC(CCCCN)C(=O)O)n1)C(=O)O. The molecule has 0 aliphatic rings. The van der Waals surface area contributed by atoms with E-state index in [-0.39, 0.29) is 17.8 Å². The van der Waals surface area contributed by atoms with Crippen molar-refractivity contribution < 1.29 is 24.6 Å². The Balaban J connectivity index is 1.76. The fraction of sp³-hybridized carbons (Fsp3) is 0.440. The number of rotatable bonds is 16. The molecule has 0 aliphatic heterocycles. The van der Waals surface area contributed by atoms with E-state index in [1.165, 1.54) is 13.8 Å². The number of amides is 1. The van der Waals surface area contributed by atoms with Crippen LogP contribution in [0.25, 0.3) is 10.9 Å². The van der Waals surface area contributed by atoms with Gasteiger partial charge in [0.2, 0.25) is 23.8 Å². The topological polar surface area (TPSA) is 220 Å². The molecule has 0 aliphatic carbocycles. The lowest BCUT2D eigenvalue weighted by Gasteiger charge is -2.18. The van der Waals surface area contributed by atoms with E-state index in [0.29, 0.717) is 38.8 Å². The molecule has 0 saturated heterocycles. The van der Waals surface area contributed by atoms with E-state index in [9.17, 15) is 19.5 Å². The summed E-state index contributed by atoms with van der Waals surface area (Å²) in [6, 6.07) is 5.03. The summed E-state index contributed by atoms with van der Waals surface area (Å²) in [4.78, 5) is 51.4. The molecule has 9 N–H and O–H groups in total. The number of unbranched alkanes of at least 4 members (excludes halogenated alkanes) is 1. The van der Waals surface area contributed by atoms with Crippen LogP contribution in [0.1, 0.15) is 38.7 Å². The third kappa shape index (κ3) is 8.53. The Hall–Kier alpha value is -4.46. The Labute approximate surface area is 225 Å². The molecular weight excluding hydrogens is 506 g/mol. The standard InChI is InChI=1S/C25H35N9O5/c1-14(20(35)29-15(2)21(36)37)30-24-32-23(27-12-10-16-13-28-18-8-4-3-7-17(16)18)33-25(34-24)31-19(22(38)39)9-5-6-11-26/h3-4,7-8,13-15,19,28H,5-6,9-12,26H2,1-2H3,(H,29,35)(H,36,37)(H,38,39)(H3,27,30,31,32,33,34). The highest BCUT2D eigenvalue weighted by Crippen LogP contribution is 2.19. The lowest BCUT2D eigenvalue weighted by molar-refractivity contribution is -0.141. The molecular formula is C25H35N9O5. The number of nitrogens with two attached hydrogens (primary N) is 1. The number of nitrogens with one attached hydrogen (secondary N) is 5. The highest BCUT2D eigenvalue weighted by Gasteiger charge is 2.22. The van der Waals surface area contributed by atoms with Crippen molar-refractivity contribution in [1.29, 1.82) is 0 Å². The van der Waals surface area contributed by atoms with Gasteiger partial charge in [0.15, 0.2) is 0 Å². The number of carbonyl (C=O) groups excluding carboxylic acids is 1. The number of aromatic amines is 1. The summed E-state index contributed by atoms with van der Waals surface area (Å²) in [6.07, 6.45) is 4.19. The van der Waals surface area contributed by atoms with Gasteiger partial charge in [0, 0.05) is 23.6 Å². The van der Waals surface area contributed by atoms with E-state index >= 15 is 0 Å². The number of carboxylic acids is 2. The van der Waals surface area contributed by atoms with Gasteiger partial charge in [0.1, 0.15) is 18.1 Å². The second kappa shape index (κ2) is 13.9. The summed E-state index contributed by atoms with van der Waals surface area (Å²) >= 11 is 0. The van der Waals surface area contributed by atoms with Gasteiger partial charge >= 0.3 is 11.9 Å². The number of carbonyl (C=O) groups is 3. The lowest BCUT2D eigenvalue weighted by Crippen LogP contribution is -2.45. The number of hydrogen-bond acceptors (Lipinski definition) is 10. The number of hydrogen-bond donors (Lipinski definition) is 8. The number of anilines is 3. The summed E-state index contributed by atoms with van der Waals surface area (Å²) in [5.74, 6) is -2.61. The molecule has 0 spiro atoms. The van der Waals surface area contributed by atoms with Crippen LogP contribution in [0, 0.1) is 0 Å². The lowest BCUT2D eigenvalue weighted by atomic mass is 10.1. The van der Waals surface area contributed by atoms with Gasteiger partial charge in [0.05, 0.1) is 0 Å². The van der Waals surface area contributed by atoms with Crippen molar-refractivity contribution in [2.24, 2.45) is 5.73 Å². The molecule has 3 rings (SSSR count). The van der Waals surface area contributed by atoms with Crippen LogP contribution >= 0.6 is 0 Å². The number of H-pyrrole nitrogens is 1. The minimum absolute atomic E-state index is 0.00811. The number of benzene rings is 1. The average Bonchev–Trinajstić information content (AvgIpc) is 3.31. The first kappa shape index (κ1) is 29.1. The van der Waals surface area contributed by atoms with Crippen LogP contribution in [0.3, 0.4) is 0 Å². The minimum atomic E-state index is -1.17. The Morgan fingerprint density at radius 2 is 1.64 bits per heavy atom. The molecule has 3 atom stereocenters. The Kier molecular flexibility index (Phi) is 10.4. The molecule has 3 unspecified atom stereocenters. The fourth-order valence-corrected chi connectivity index (χ4v) is 3.80. The number of para-hydroxylation sites is 1. The van der Waals surface area contributed by atoms with Crippen LogP contribution in [-0.4, -0.2) is 79.2 Å². The quantitative estimate of drug-likeness (QED) is 0.121. The van der Waals surface area contributed by atoms with E-state index in [0.717, 1.165) is 16.5 Å². The van der Waals surface area contributed by atoms with E-state index in [2.05, 4.69) is 41.2 Å². The summed E-state index contributed by atoms with van der Waals surface area (Å²) in [6.45, 7) is 3.80. The van der Waals surface area contributed by atoms with E-state index in [1.54, 1.807) is 0 Å². The van der Waals surface area contributed by atoms with Crippen LogP contribution in [0.5, 0.6) is 0 Å². The van der Waals surface area contributed by atoms with Crippen LogP contribution in [0.2, 0.25) is 0 Å². The number of fused-ring (bicyclic) bond motifs is 1. The maximum atomic E-state index is 12.4. The van der Waals surface area contributed by atoms with E-state index in [4.69, 9.17) is 10.8 Å². The summed E-state index contributed by atoms with van der Waals surface area (Å²) in [5, 5.41) is 31.0. The number of aliphatic carboxylic acids is 2. The highest BCUT2D eigenvalue weighted by molar-refractivity contribution is 5.88. The van der Waals surface area contributed by atoms with Gasteiger partial charge in [-0.15, -0.1) is 0 Å². The zero-order valence-corrected chi connectivity index (χ0v) is 21.9. The monoisotopic (exact) mass is 541 g/mol. The predicted molar refractivity (Wildman–Crippen MR) is 147 cm³/mol. The van der Waals surface area contributed by atoms with Gasteiger partial charge in [-0.05, 0) is 57.7 Å². The summed E-state index contributed by atoms with van der Waals surface area (Å²) in [5.41, 5.74) is 7.66. The van der Waals surface area contributed by atoms with Crippen molar-refractivity contribution in [3.63, 3.8) is 0 Å². The average molecular weight is 542 g/mol. The normalized spacial score (nSPS) is 13.3. The molecule has 0 bridgehead atoms. The molecule has 210 valence electrons. The maximum Gasteiger partial charge on any atom is 0.326 e. The third-order valence-electron chi connectivity index (χ3n) is 6.00. The number of nitrogens with zero attached hydrogens (tertiary/aromatic N) is 3. The largest absolute Gasteiger partial charge is 0.480 e. The highest BCUT2D eigenvalue weighted by atomic mass is 16.4. The zero-order valence-electron chi connectivity index (χ0n) is 21.9. The van der Waals surface area contributed by atoms with E-state index in [1.807, 2.05) is 30.5 Å². The van der Waals surface area contributed by atoms with Crippen molar-refractivity contribution in [1.82, 2.24) is 25.3 Å². The maximum absolute atomic E-state index is 12.4. The van der Waals surface area contributed by atoms with Gasteiger partial charge in [-0.1, -0.05) is 18.2 Å². The Morgan fingerprint density at radius 1 is 0.949 bits per heavy atom. The second-order valence-corrected chi connectivity index (χ2v) is 9.10. The molecule has 0 radical (unpaired) electrons. The minimum Gasteiger partial charge on any atom is -0.480 e. The molecule has 39 heavy (non-hydrogen) atoms. The van der Waals surface area contributed by atoms with Crippen LogP contribution < -0.4 is 27.0 Å². The first-order valence-corrected chi connectivity index (χ1v) is 12.7. The van der Waals surface area contributed by atoms with Crippen LogP contribution in [0.4, 0.5) is 17.8 Å². The van der Waals surface area contributed by atoms with Gasteiger partial charge in [0.25, 0.3) is 0 Å². The van der Waals surface area contributed by atoms with Gasteiger partial charge < -0.3 is 42.2 Å². The second-order valence-electron chi connectivity index (χ2n) is 9.10. The van der Waals surface area contributed by atoms with Crippen molar-refractivity contribution in [2.75, 3.05) is 29.0 Å². The summed E-state index contributed by atoms with van der Waals surface area (Å²) < 4.78 is 0. The molecule has 14 heteroatoms. The van der Waals surface area contributed by atoms with Gasteiger partial charge in [-0.25, -0.2) is 4.79 Å². The first-order chi connectivity index (χ1) is 18.7. The van der Waals surface area contributed by atoms with Crippen molar-refractivity contribution in [2.45, 2.75) is 57.7 Å². The molecule has 14 nitrogen and oxygen atoms in total. The van der Waals surface area contributed by atoms with Crippen molar-refractivity contribution in [3.05, 3.63) is 36.0 Å². The molecule has 2 aromatic heterocycles. The Morgan fingerprint density at radius 3 is 2.33 bits per heavy atom. The summed E-state index contributed by atoms with van der Waals surface area (Å²) in [7, 11) is 0. The molecule has 2 heterocycles.